The van der Waals surface area contributed by atoms with Crippen LogP contribution in [0.15, 0.2) is 189 Å². The summed E-state index contributed by atoms with van der Waals surface area (Å²) < 4.78 is 65.8. The number of rotatable bonds is 16. The third kappa shape index (κ3) is 13.9. The number of pyridine rings is 2. The molecule has 6 heterocycles. The minimum atomic E-state index is -3.96. The van der Waals surface area contributed by atoms with Crippen LogP contribution in [-0.2, 0) is 47.3 Å². The zero-order valence-corrected chi connectivity index (χ0v) is 44.8. The highest BCUT2D eigenvalue weighted by Crippen LogP contribution is 2.24. The van der Waals surface area contributed by atoms with Crippen molar-refractivity contribution < 1.29 is 54.7 Å². The number of aliphatic hydroxyl groups is 1. The molecule has 5 N–H and O–H groups in total. The highest BCUT2D eigenvalue weighted by atomic mass is 32.2. The number of β-amino-alcohol motifs (C(OH)–C–C–N with tert-alkyl or cyclic N) is 1. The number of benzene rings is 4. The molecule has 4 amide bonds. The van der Waals surface area contributed by atoms with Crippen molar-refractivity contribution in [2.45, 2.75) is 78.8 Å². The van der Waals surface area contributed by atoms with Crippen molar-refractivity contribution in [3.8, 4) is 0 Å². The number of hydrogen-bond donors (Lipinski definition) is 5. The van der Waals surface area contributed by atoms with Gasteiger partial charge >= 0.3 is 0 Å². The average molecular weight is 1120 g/mol. The molecule has 20 nitrogen and oxygen atoms in total. The predicted octanol–water partition coefficient (Wildman–Crippen LogP) is 5.21. The summed E-state index contributed by atoms with van der Waals surface area (Å²) >= 11 is 0. The molecule has 0 saturated carbocycles. The first-order valence-corrected chi connectivity index (χ1v) is 28.8. The monoisotopic (exact) mass is 1120 g/mol. The SMILES string of the molecule is O=C(N[C@@H](Cc1ccccc1)C(=O)NC1CCCN(S(=O)(=O)c2ccccn2)CC1=O)c1cc2ccccc2o1.O=C(N[C@@H](Cc1ccccc1)C(=O)NC1CCCN(S(=O)(=O)c2ccccn2)CC1O)c1cc2ccccc2o1. The number of ketones is 1. The second-order valence-electron chi connectivity index (χ2n) is 19.3. The van der Waals surface area contributed by atoms with E-state index in [0.717, 1.165) is 26.2 Å². The van der Waals surface area contributed by atoms with Gasteiger partial charge in [-0.05, 0) is 85.3 Å². The predicted molar refractivity (Wildman–Crippen MR) is 295 cm³/mol. The maximum absolute atomic E-state index is 13.5. The molecule has 22 heteroatoms. The zero-order valence-electron chi connectivity index (χ0n) is 43.2. The van der Waals surface area contributed by atoms with Gasteiger partial charge in [0.2, 0.25) is 11.8 Å². The van der Waals surface area contributed by atoms with Gasteiger partial charge in [0.05, 0.1) is 24.7 Å². The highest BCUT2D eigenvalue weighted by molar-refractivity contribution is 7.89. The van der Waals surface area contributed by atoms with Crippen LogP contribution in [0.3, 0.4) is 0 Å². The number of amides is 4. The molecule has 5 atom stereocenters. The first-order valence-electron chi connectivity index (χ1n) is 25.9. The van der Waals surface area contributed by atoms with Crippen molar-refractivity contribution in [1.82, 2.24) is 39.8 Å². The third-order valence-electron chi connectivity index (χ3n) is 13.6. The maximum atomic E-state index is 13.5. The van der Waals surface area contributed by atoms with E-state index in [1.807, 2.05) is 84.9 Å². The van der Waals surface area contributed by atoms with E-state index in [1.165, 1.54) is 28.8 Å². The fourth-order valence-corrected chi connectivity index (χ4v) is 12.2. The Labute approximate surface area is 461 Å². The van der Waals surface area contributed by atoms with E-state index in [1.54, 1.807) is 60.7 Å². The lowest BCUT2D eigenvalue weighted by atomic mass is 10.0. The lowest BCUT2D eigenvalue weighted by Crippen LogP contribution is -2.54. The summed E-state index contributed by atoms with van der Waals surface area (Å²) in [5, 5.41) is 23.4. The number of carbonyl (C=O) groups is 5. The fourth-order valence-electron chi connectivity index (χ4n) is 9.43. The molecule has 414 valence electrons. The van der Waals surface area contributed by atoms with E-state index < -0.39 is 86.3 Å². The fraction of sp³-hybridized carbons (Fsp3) is 0.259. The van der Waals surface area contributed by atoms with Gasteiger partial charge in [0.15, 0.2) is 27.4 Å². The number of aromatic nitrogens is 2. The van der Waals surface area contributed by atoms with E-state index in [9.17, 15) is 45.9 Å². The van der Waals surface area contributed by atoms with Crippen molar-refractivity contribution in [3.63, 3.8) is 0 Å². The summed E-state index contributed by atoms with van der Waals surface area (Å²) in [7, 11) is -7.87. The van der Waals surface area contributed by atoms with Crippen LogP contribution in [-0.4, -0.2) is 126 Å². The largest absolute Gasteiger partial charge is 0.451 e. The lowest BCUT2D eigenvalue weighted by molar-refractivity contribution is -0.128. The highest BCUT2D eigenvalue weighted by Gasteiger charge is 2.37. The summed E-state index contributed by atoms with van der Waals surface area (Å²) in [6, 6.07) is 41.7. The Morgan fingerprint density at radius 1 is 0.575 bits per heavy atom. The Bertz CT molecular complexity index is 3620. The van der Waals surface area contributed by atoms with Gasteiger partial charge in [-0.3, -0.25) is 24.0 Å². The molecule has 2 fully saturated rings. The van der Waals surface area contributed by atoms with E-state index in [-0.39, 0.29) is 60.5 Å². The Balaban J connectivity index is 0.000000194. The van der Waals surface area contributed by atoms with Gasteiger partial charge in [-0.15, -0.1) is 0 Å². The van der Waals surface area contributed by atoms with Crippen molar-refractivity contribution >= 4 is 71.4 Å². The van der Waals surface area contributed by atoms with Gasteiger partial charge in [0, 0.05) is 55.6 Å². The molecular formula is C58H58N8O12S2. The first-order chi connectivity index (χ1) is 38.6. The Hall–Kier alpha value is -8.41. The molecule has 0 spiro atoms. The summed E-state index contributed by atoms with van der Waals surface area (Å²) in [6.45, 7) is -0.289. The van der Waals surface area contributed by atoms with Crippen molar-refractivity contribution in [3.05, 3.63) is 193 Å². The van der Waals surface area contributed by atoms with Gasteiger partial charge in [0.25, 0.3) is 31.9 Å². The Kier molecular flexibility index (Phi) is 18.0. The number of sulfonamides is 2. The summed E-state index contributed by atoms with van der Waals surface area (Å²) in [5.41, 5.74) is 2.75. The van der Waals surface area contributed by atoms with Gasteiger partial charge in [-0.1, -0.05) is 109 Å². The molecule has 3 unspecified atom stereocenters. The molecule has 8 aromatic rings. The molecule has 10 rings (SSSR count). The average Bonchev–Trinajstić information content (AvgIpc) is 4.05. The van der Waals surface area contributed by atoms with Crippen LogP contribution in [0.4, 0.5) is 0 Å². The number of fused-ring (bicyclic) bond motifs is 2. The van der Waals surface area contributed by atoms with Gasteiger partial charge in [-0.2, -0.15) is 8.61 Å². The molecule has 0 radical (unpaired) electrons. The van der Waals surface area contributed by atoms with Crippen LogP contribution in [0, 0.1) is 0 Å². The van der Waals surface area contributed by atoms with Crippen molar-refractivity contribution in [2.24, 2.45) is 0 Å². The van der Waals surface area contributed by atoms with E-state index in [4.69, 9.17) is 8.83 Å². The molecule has 80 heavy (non-hydrogen) atoms. The quantitative estimate of drug-likeness (QED) is 0.0831. The number of furan rings is 2. The second-order valence-corrected chi connectivity index (χ2v) is 23.0. The van der Waals surface area contributed by atoms with Crippen LogP contribution < -0.4 is 21.3 Å². The number of carbonyl (C=O) groups excluding carboxylic acids is 5. The normalized spacial score (nSPS) is 18.1. The van der Waals surface area contributed by atoms with Crippen LogP contribution >= 0.6 is 0 Å². The standard InChI is InChI=1S/C29H30N4O6S.C29H28N4O6S/c2*34-24-19-33(40(37,38)27-14-6-7-15-30-27)16-8-12-22(24)31-28(35)23(17-20-9-2-1-3-10-20)32-29(36)26-18-21-11-4-5-13-25(21)39-26/h1-7,9-11,13-15,18,22-24,34H,8,12,16-17,19H2,(H,31,35)(H,32,36);1-7,9-11,13-15,18,22-23H,8,12,16-17,19H2,(H,31,35)(H,32,36)/t22?,23-,24?;22?,23-/m00/s1. The number of aliphatic hydroxyl groups excluding tert-OH is 1. The van der Waals surface area contributed by atoms with Crippen molar-refractivity contribution in [1.29, 1.82) is 0 Å². The maximum Gasteiger partial charge on any atom is 0.287 e. The number of nitrogens with zero attached hydrogens (tertiary/aromatic N) is 4. The first kappa shape index (κ1) is 56.3. The second kappa shape index (κ2) is 25.6. The lowest BCUT2D eigenvalue weighted by Gasteiger charge is -2.27. The summed E-state index contributed by atoms with van der Waals surface area (Å²) in [5.74, 6) is -2.43. The molecule has 2 aliphatic heterocycles. The molecule has 2 saturated heterocycles. The minimum absolute atomic E-state index is 0.0629. The zero-order chi connectivity index (χ0) is 56.2. The molecule has 2 aliphatic rings. The number of para-hydroxylation sites is 2. The molecular weight excluding hydrogens is 1060 g/mol. The molecule has 4 aromatic carbocycles. The topological polar surface area (TPSA) is 281 Å². The van der Waals surface area contributed by atoms with Crippen LogP contribution in [0.1, 0.15) is 57.9 Å². The number of nitrogens with one attached hydrogen (secondary N) is 4. The minimum Gasteiger partial charge on any atom is -0.451 e. The van der Waals surface area contributed by atoms with E-state index in [2.05, 4.69) is 31.2 Å². The summed E-state index contributed by atoms with van der Waals surface area (Å²) in [4.78, 5) is 74.1. The van der Waals surface area contributed by atoms with E-state index >= 15 is 0 Å². The number of Topliss-reactive ketones (excluding diaryl/α,β-unsaturated/α-hetero) is 1. The molecule has 4 aromatic heterocycles. The molecule has 0 aliphatic carbocycles. The van der Waals surface area contributed by atoms with Gasteiger partial charge < -0.3 is 35.2 Å². The van der Waals surface area contributed by atoms with Gasteiger partial charge in [-0.25, -0.2) is 26.8 Å². The Morgan fingerprint density at radius 3 is 1.52 bits per heavy atom. The van der Waals surface area contributed by atoms with Crippen LogP contribution in [0.2, 0.25) is 0 Å². The van der Waals surface area contributed by atoms with Crippen molar-refractivity contribution in [2.75, 3.05) is 26.2 Å². The van der Waals surface area contributed by atoms with Crippen LogP contribution in [0.5, 0.6) is 0 Å². The van der Waals surface area contributed by atoms with E-state index in [0.29, 0.717) is 30.4 Å². The number of hydrogen-bond acceptors (Lipinski definition) is 14. The van der Waals surface area contributed by atoms with Gasteiger partial charge in [0.1, 0.15) is 23.2 Å². The smallest absolute Gasteiger partial charge is 0.287 e. The Morgan fingerprint density at radius 2 is 1.02 bits per heavy atom. The van der Waals surface area contributed by atoms with Crippen LogP contribution in [0.25, 0.3) is 21.9 Å². The molecule has 0 bridgehead atoms. The summed E-state index contributed by atoms with van der Waals surface area (Å²) in [6.07, 6.45) is 3.40. The third-order valence-corrected chi connectivity index (χ3v) is 17.2.